The smallest absolute Gasteiger partial charge is 0.253 e. The van der Waals surface area contributed by atoms with E-state index in [1.54, 1.807) is 36.7 Å². The predicted molar refractivity (Wildman–Crippen MR) is 98.2 cm³/mol. The highest BCUT2D eigenvalue weighted by Crippen LogP contribution is 2.09. The van der Waals surface area contributed by atoms with E-state index < -0.39 is 0 Å². The maximum Gasteiger partial charge on any atom is 0.253 e. The zero-order valence-electron chi connectivity index (χ0n) is 14.2. The largest absolute Gasteiger partial charge is 0.370 e. The van der Waals surface area contributed by atoms with Gasteiger partial charge in [0.25, 0.3) is 5.91 Å². The lowest BCUT2D eigenvalue weighted by Gasteiger charge is -2.08. The summed E-state index contributed by atoms with van der Waals surface area (Å²) in [4.78, 5) is 20.4. The lowest BCUT2D eigenvalue weighted by molar-refractivity contribution is 0.0950. The Hall–Kier alpha value is -3.28. The maximum atomic E-state index is 13.6. The second-order valence-corrected chi connectivity index (χ2v) is 5.74. The van der Waals surface area contributed by atoms with Crippen LogP contribution < -0.4 is 10.6 Å². The third kappa shape index (κ3) is 4.86. The predicted octanol–water partition coefficient (Wildman–Crippen LogP) is 3.20. The SMILES string of the molecule is O=C(NCc1cccnc1)c1ccc(NCCc2ccccc2F)nc1. The van der Waals surface area contributed by atoms with Crippen molar-refractivity contribution in [2.75, 3.05) is 11.9 Å². The molecule has 5 nitrogen and oxygen atoms in total. The van der Waals surface area contributed by atoms with Gasteiger partial charge in [-0.05, 0) is 41.8 Å². The zero-order valence-corrected chi connectivity index (χ0v) is 14.2. The molecule has 0 bridgehead atoms. The van der Waals surface area contributed by atoms with Gasteiger partial charge in [0.2, 0.25) is 0 Å². The van der Waals surface area contributed by atoms with Crippen LogP contribution in [0, 0.1) is 5.82 Å². The average molecular weight is 350 g/mol. The molecule has 2 N–H and O–H groups in total. The highest BCUT2D eigenvalue weighted by Gasteiger charge is 2.06. The molecule has 3 rings (SSSR count). The monoisotopic (exact) mass is 350 g/mol. The molecule has 0 radical (unpaired) electrons. The fourth-order valence-electron chi connectivity index (χ4n) is 2.45. The molecule has 0 fully saturated rings. The Balaban J connectivity index is 1.48. The highest BCUT2D eigenvalue weighted by molar-refractivity contribution is 5.93. The van der Waals surface area contributed by atoms with Gasteiger partial charge in [0.15, 0.2) is 0 Å². The molecule has 6 heteroatoms. The van der Waals surface area contributed by atoms with E-state index in [2.05, 4.69) is 20.6 Å². The number of benzene rings is 1. The van der Waals surface area contributed by atoms with Crippen LogP contribution in [-0.2, 0) is 13.0 Å². The molecule has 132 valence electrons. The molecule has 0 aliphatic heterocycles. The molecule has 0 spiro atoms. The number of carbonyl (C=O) groups is 1. The number of anilines is 1. The topological polar surface area (TPSA) is 66.9 Å². The number of aromatic nitrogens is 2. The molecule has 3 aromatic rings. The highest BCUT2D eigenvalue weighted by atomic mass is 19.1. The van der Waals surface area contributed by atoms with Crippen molar-refractivity contribution in [1.29, 1.82) is 0 Å². The van der Waals surface area contributed by atoms with Crippen LogP contribution in [0.2, 0.25) is 0 Å². The van der Waals surface area contributed by atoms with E-state index in [-0.39, 0.29) is 11.7 Å². The number of hydrogen-bond acceptors (Lipinski definition) is 4. The minimum absolute atomic E-state index is 0.195. The Morgan fingerprint density at radius 2 is 1.92 bits per heavy atom. The van der Waals surface area contributed by atoms with Crippen LogP contribution >= 0.6 is 0 Å². The second kappa shape index (κ2) is 8.71. The first-order valence-electron chi connectivity index (χ1n) is 8.33. The molecular weight excluding hydrogens is 331 g/mol. The van der Waals surface area contributed by atoms with Crippen LogP contribution in [0.15, 0.2) is 67.1 Å². The van der Waals surface area contributed by atoms with Gasteiger partial charge in [-0.2, -0.15) is 0 Å². The summed E-state index contributed by atoms with van der Waals surface area (Å²) >= 11 is 0. The van der Waals surface area contributed by atoms with Gasteiger partial charge in [0.1, 0.15) is 11.6 Å². The van der Waals surface area contributed by atoms with Crippen molar-refractivity contribution in [3.8, 4) is 0 Å². The molecule has 1 aromatic carbocycles. The summed E-state index contributed by atoms with van der Waals surface area (Å²) in [5, 5.41) is 5.95. The van der Waals surface area contributed by atoms with Gasteiger partial charge in [-0.25, -0.2) is 9.37 Å². The standard InChI is InChI=1S/C20H19FN4O/c21-18-6-2-1-5-16(18)9-11-23-19-8-7-17(14-24-19)20(26)25-13-15-4-3-10-22-12-15/h1-8,10,12,14H,9,11,13H2,(H,23,24)(H,25,26). The van der Waals surface area contributed by atoms with Gasteiger partial charge >= 0.3 is 0 Å². The van der Waals surface area contributed by atoms with E-state index >= 15 is 0 Å². The van der Waals surface area contributed by atoms with Crippen molar-refractivity contribution >= 4 is 11.7 Å². The third-order valence-electron chi connectivity index (χ3n) is 3.86. The first-order chi connectivity index (χ1) is 12.7. The molecule has 0 atom stereocenters. The number of nitrogens with one attached hydrogen (secondary N) is 2. The summed E-state index contributed by atoms with van der Waals surface area (Å²) < 4.78 is 13.6. The van der Waals surface area contributed by atoms with Crippen LogP contribution in [0.4, 0.5) is 10.2 Å². The summed E-state index contributed by atoms with van der Waals surface area (Å²) in [6, 6.07) is 13.9. The molecule has 0 aliphatic carbocycles. The number of hydrogen-bond donors (Lipinski definition) is 2. The Labute approximate surface area is 151 Å². The molecular formula is C20H19FN4O. The fraction of sp³-hybridized carbons (Fsp3) is 0.150. The van der Waals surface area contributed by atoms with Crippen molar-refractivity contribution in [3.05, 3.63) is 89.6 Å². The summed E-state index contributed by atoms with van der Waals surface area (Å²) in [5.41, 5.74) is 2.07. The van der Waals surface area contributed by atoms with Crippen LogP contribution in [0.25, 0.3) is 0 Å². The van der Waals surface area contributed by atoms with Gasteiger partial charge in [-0.1, -0.05) is 24.3 Å². The third-order valence-corrected chi connectivity index (χ3v) is 3.86. The van der Waals surface area contributed by atoms with E-state index in [9.17, 15) is 9.18 Å². The minimum Gasteiger partial charge on any atom is -0.370 e. The average Bonchev–Trinajstić information content (AvgIpc) is 2.69. The Morgan fingerprint density at radius 1 is 1.04 bits per heavy atom. The summed E-state index contributed by atoms with van der Waals surface area (Å²) in [6.45, 7) is 0.968. The summed E-state index contributed by atoms with van der Waals surface area (Å²) in [5.74, 6) is 0.243. The molecule has 0 aliphatic rings. The van der Waals surface area contributed by atoms with E-state index in [0.717, 1.165) is 5.56 Å². The van der Waals surface area contributed by atoms with E-state index in [0.29, 0.717) is 36.5 Å². The van der Waals surface area contributed by atoms with Gasteiger partial charge in [0, 0.05) is 31.7 Å². The first-order valence-corrected chi connectivity index (χ1v) is 8.33. The number of rotatable bonds is 7. The number of amides is 1. The molecule has 0 saturated carbocycles. The Morgan fingerprint density at radius 3 is 2.65 bits per heavy atom. The van der Waals surface area contributed by atoms with Crippen molar-refractivity contribution in [1.82, 2.24) is 15.3 Å². The maximum absolute atomic E-state index is 13.6. The van der Waals surface area contributed by atoms with Crippen LogP contribution in [0.3, 0.4) is 0 Å². The lowest BCUT2D eigenvalue weighted by Crippen LogP contribution is -2.23. The molecule has 1 amide bonds. The first kappa shape index (κ1) is 17.5. The molecule has 26 heavy (non-hydrogen) atoms. The van der Waals surface area contributed by atoms with Crippen LogP contribution in [0.1, 0.15) is 21.5 Å². The van der Waals surface area contributed by atoms with E-state index in [1.165, 1.54) is 12.3 Å². The number of nitrogens with zero attached hydrogens (tertiary/aromatic N) is 2. The molecule has 0 saturated heterocycles. The second-order valence-electron chi connectivity index (χ2n) is 5.74. The van der Waals surface area contributed by atoms with Crippen molar-refractivity contribution in [2.24, 2.45) is 0 Å². The zero-order chi connectivity index (χ0) is 18.2. The van der Waals surface area contributed by atoms with Gasteiger partial charge in [-0.3, -0.25) is 9.78 Å². The number of pyridine rings is 2. The van der Waals surface area contributed by atoms with Crippen molar-refractivity contribution in [2.45, 2.75) is 13.0 Å². The van der Waals surface area contributed by atoms with Crippen LogP contribution in [0.5, 0.6) is 0 Å². The Kier molecular flexibility index (Phi) is 5.88. The van der Waals surface area contributed by atoms with Gasteiger partial charge < -0.3 is 10.6 Å². The lowest BCUT2D eigenvalue weighted by atomic mass is 10.1. The van der Waals surface area contributed by atoms with Crippen molar-refractivity contribution < 1.29 is 9.18 Å². The van der Waals surface area contributed by atoms with Gasteiger partial charge in [-0.15, -0.1) is 0 Å². The normalized spacial score (nSPS) is 10.3. The molecule has 0 unspecified atom stereocenters. The molecule has 2 heterocycles. The van der Waals surface area contributed by atoms with Gasteiger partial charge in [0.05, 0.1) is 5.56 Å². The summed E-state index contributed by atoms with van der Waals surface area (Å²) in [7, 11) is 0. The van der Waals surface area contributed by atoms with Crippen LogP contribution in [-0.4, -0.2) is 22.4 Å². The van der Waals surface area contributed by atoms with E-state index in [4.69, 9.17) is 0 Å². The summed E-state index contributed by atoms with van der Waals surface area (Å²) in [6.07, 6.45) is 5.47. The number of carbonyl (C=O) groups excluding carboxylic acids is 1. The Bertz CT molecular complexity index is 853. The quantitative estimate of drug-likeness (QED) is 0.687. The minimum atomic E-state index is -0.206. The van der Waals surface area contributed by atoms with E-state index in [1.807, 2.05) is 18.2 Å². The van der Waals surface area contributed by atoms with Crippen molar-refractivity contribution in [3.63, 3.8) is 0 Å². The number of halogens is 1. The fourth-order valence-corrected chi connectivity index (χ4v) is 2.45. The molecule has 2 aromatic heterocycles.